The smallest absolute Gasteiger partial charge is 0.251 e. The highest BCUT2D eigenvalue weighted by Gasteiger charge is 2.31. The fraction of sp³-hybridized carbons (Fsp3) is 0.579. The molecular formula is C19H32ClN3O2. The van der Waals surface area contributed by atoms with Crippen LogP contribution in [-0.2, 0) is 4.79 Å². The van der Waals surface area contributed by atoms with E-state index in [2.05, 4.69) is 5.32 Å². The number of halogens is 1. The topological polar surface area (TPSA) is 75.4 Å². The van der Waals surface area contributed by atoms with Gasteiger partial charge in [-0.15, -0.1) is 12.4 Å². The molecule has 142 valence electrons. The highest BCUT2D eigenvalue weighted by Crippen LogP contribution is 2.17. The maximum absolute atomic E-state index is 12.9. The van der Waals surface area contributed by atoms with Crippen LogP contribution in [-0.4, -0.2) is 42.9 Å². The minimum atomic E-state index is -0.540. The van der Waals surface area contributed by atoms with Crippen molar-refractivity contribution in [3.63, 3.8) is 0 Å². The fourth-order valence-corrected chi connectivity index (χ4v) is 2.52. The van der Waals surface area contributed by atoms with Crippen LogP contribution in [0.3, 0.4) is 0 Å². The van der Waals surface area contributed by atoms with Crippen LogP contribution in [0.2, 0.25) is 0 Å². The molecule has 0 heterocycles. The molecule has 0 fully saturated rings. The van der Waals surface area contributed by atoms with Crippen molar-refractivity contribution >= 4 is 24.2 Å². The van der Waals surface area contributed by atoms with Gasteiger partial charge in [-0.05, 0) is 30.0 Å². The predicted molar refractivity (Wildman–Crippen MR) is 105 cm³/mol. The summed E-state index contributed by atoms with van der Waals surface area (Å²) in [5, 5.41) is 2.91. The van der Waals surface area contributed by atoms with Crippen LogP contribution in [0.1, 0.15) is 44.5 Å². The van der Waals surface area contributed by atoms with E-state index >= 15 is 0 Å². The van der Waals surface area contributed by atoms with Crippen molar-refractivity contribution in [2.24, 2.45) is 17.1 Å². The summed E-state index contributed by atoms with van der Waals surface area (Å²) in [5.41, 5.74) is 6.17. The zero-order valence-electron chi connectivity index (χ0n) is 15.9. The van der Waals surface area contributed by atoms with Gasteiger partial charge in [0, 0.05) is 19.2 Å². The summed E-state index contributed by atoms with van der Waals surface area (Å²) in [7, 11) is 1.77. The first kappa shape index (κ1) is 23.4. The predicted octanol–water partition coefficient (Wildman–Crippen LogP) is 2.70. The molecule has 25 heavy (non-hydrogen) atoms. The van der Waals surface area contributed by atoms with Gasteiger partial charge in [0.15, 0.2) is 0 Å². The Bertz CT molecular complexity index is 549. The number of amides is 2. The van der Waals surface area contributed by atoms with Gasteiger partial charge in [-0.3, -0.25) is 9.59 Å². The number of benzene rings is 1. The van der Waals surface area contributed by atoms with E-state index < -0.39 is 6.04 Å². The van der Waals surface area contributed by atoms with Gasteiger partial charge < -0.3 is 16.0 Å². The number of hydrogen-bond donors (Lipinski definition) is 2. The summed E-state index contributed by atoms with van der Waals surface area (Å²) in [6.45, 7) is 9.10. The van der Waals surface area contributed by atoms with E-state index in [1.54, 1.807) is 24.1 Å². The van der Waals surface area contributed by atoms with E-state index in [4.69, 9.17) is 5.73 Å². The number of carbonyl (C=O) groups excluding carboxylic acids is 2. The molecule has 0 bridgehead atoms. The molecule has 2 unspecified atom stereocenters. The van der Waals surface area contributed by atoms with Gasteiger partial charge in [0.1, 0.15) is 6.04 Å². The number of carbonyl (C=O) groups is 2. The number of nitrogens with one attached hydrogen (secondary N) is 1. The summed E-state index contributed by atoms with van der Waals surface area (Å²) in [5.74, 6) is -0.246. The van der Waals surface area contributed by atoms with E-state index in [0.29, 0.717) is 18.7 Å². The summed E-state index contributed by atoms with van der Waals surface area (Å²) in [4.78, 5) is 27.0. The third-order valence-corrected chi connectivity index (χ3v) is 4.40. The zero-order valence-corrected chi connectivity index (χ0v) is 16.7. The number of hydrogen-bond acceptors (Lipinski definition) is 3. The first-order valence-electron chi connectivity index (χ1n) is 8.52. The van der Waals surface area contributed by atoms with E-state index in [1.807, 2.05) is 45.9 Å². The second-order valence-electron chi connectivity index (χ2n) is 7.27. The Kier molecular flexibility index (Phi) is 9.75. The van der Waals surface area contributed by atoms with Crippen LogP contribution in [0.25, 0.3) is 0 Å². The lowest BCUT2D eigenvalue weighted by molar-refractivity contribution is -0.134. The van der Waals surface area contributed by atoms with Crippen molar-refractivity contribution in [2.45, 2.75) is 40.2 Å². The quantitative estimate of drug-likeness (QED) is 0.739. The number of rotatable bonds is 8. The van der Waals surface area contributed by atoms with Crippen LogP contribution >= 0.6 is 12.4 Å². The minimum absolute atomic E-state index is 0. The van der Waals surface area contributed by atoms with E-state index in [-0.39, 0.29) is 35.6 Å². The first-order valence-corrected chi connectivity index (χ1v) is 8.52. The molecule has 0 aromatic heterocycles. The van der Waals surface area contributed by atoms with Gasteiger partial charge in [-0.1, -0.05) is 52.3 Å². The molecule has 2 amide bonds. The second-order valence-corrected chi connectivity index (χ2v) is 7.27. The Morgan fingerprint density at radius 1 is 1.24 bits per heavy atom. The van der Waals surface area contributed by atoms with E-state index in [9.17, 15) is 9.59 Å². The monoisotopic (exact) mass is 369 g/mol. The van der Waals surface area contributed by atoms with Gasteiger partial charge in [0.2, 0.25) is 5.91 Å². The van der Waals surface area contributed by atoms with Gasteiger partial charge in [0.05, 0.1) is 0 Å². The Hall–Kier alpha value is -1.59. The molecule has 0 spiro atoms. The third kappa shape index (κ3) is 7.04. The summed E-state index contributed by atoms with van der Waals surface area (Å²) in [6.07, 6.45) is 0.805. The highest BCUT2D eigenvalue weighted by atomic mass is 35.5. The highest BCUT2D eigenvalue weighted by molar-refractivity contribution is 5.97. The van der Waals surface area contributed by atoms with Crippen molar-refractivity contribution in [3.05, 3.63) is 35.9 Å². The molecule has 0 saturated carbocycles. The van der Waals surface area contributed by atoms with Crippen LogP contribution < -0.4 is 11.1 Å². The summed E-state index contributed by atoms with van der Waals surface area (Å²) >= 11 is 0. The summed E-state index contributed by atoms with van der Waals surface area (Å²) in [6, 6.07) is 8.43. The Labute approximate surface area is 157 Å². The van der Waals surface area contributed by atoms with Crippen molar-refractivity contribution < 1.29 is 9.59 Å². The molecule has 0 saturated heterocycles. The molecule has 2 atom stereocenters. The third-order valence-electron chi connectivity index (χ3n) is 4.40. The van der Waals surface area contributed by atoms with Crippen LogP contribution in [0.5, 0.6) is 0 Å². The zero-order chi connectivity index (χ0) is 18.3. The largest absolute Gasteiger partial charge is 0.343 e. The molecule has 5 nitrogen and oxygen atoms in total. The number of likely N-dealkylation sites (N-methyl/N-ethyl adjacent to an activating group) is 1. The molecule has 1 rings (SSSR count). The standard InChI is InChI=1S/C19H31N3O2.ClH/c1-6-14(2)16(18(24)22(5)13-19(3,4)12-20)21-17(23)15-10-8-7-9-11-15;/h7-11,14,16H,6,12-13,20H2,1-5H3,(H,21,23);1H. The molecule has 0 aliphatic rings. The van der Waals surface area contributed by atoms with Gasteiger partial charge in [-0.25, -0.2) is 0 Å². The van der Waals surface area contributed by atoms with E-state index in [0.717, 1.165) is 6.42 Å². The van der Waals surface area contributed by atoms with Crippen LogP contribution in [0.4, 0.5) is 0 Å². The second kappa shape index (κ2) is 10.4. The lowest BCUT2D eigenvalue weighted by Gasteiger charge is -2.33. The van der Waals surface area contributed by atoms with E-state index in [1.165, 1.54) is 0 Å². The normalized spacial score (nSPS) is 13.4. The van der Waals surface area contributed by atoms with Crippen molar-refractivity contribution in [1.82, 2.24) is 10.2 Å². The first-order chi connectivity index (χ1) is 11.2. The van der Waals surface area contributed by atoms with Crippen LogP contribution in [0.15, 0.2) is 30.3 Å². The maximum atomic E-state index is 12.9. The molecule has 0 aliphatic carbocycles. The van der Waals surface area contributed by atoms with Crippen molar-refractivity contribution in [2.75, 3.05) is 20.1 Å². The van der Waals surface area contributed by atoms with Crippen molar-refractivity contribution in [3.8, 4) is 0 Å². The average molecular weight is 370 g/mol. The molecule has 0 radical (unpaired) electrons. The average Bonchev–Trinajstić information content (AvgIpc) is 2.58. The SMILES string of the molecule is CCC(C)C(NC(=O)c1ccccc1)C(=O)N(C)CC(C)(C)CN.Cl. The molecule has 0 aliphatic heterocycles. The molecule has 6 heteroatoms. The van der Waals surface area contributed by atoms with Gasteiger partial charge >= 0.3 is 0 Å². The Balaban J connectivity index is 0.00000576. The lowest BCUT2D eigenvalue weighted by atomic mass is 9.92. The van der Waals surface area contributed by atoms with Gasteiger partial charge in [-0.2, -0.15) is 0 Å². The lowest BCUT2D eigenvalue weighted by Crippen LogP contribution is -2.52. The Morgan fingerprint density at radius 2 is 1.80 bits per heavy atom. The fourth-order valence-electron chi connectivity index (χ4n) is 2.52. The van der Waals surface area contributed by atoms with Gasteiger partial charge in [0.25, 0.3) is 5.91 Å². The Morgan fingerprint density at radius 3 is 2.28 bits per heavy atom. The number of nitrogens with two attached hydrogens (primary N) is 1. The molecule has 1 aromatic rings. The molecule has 1 aromatic carbocycles. The number of nitrogens with zero attached hydrogens (tertiary/aromatic N) is 1. The molecule has 3 N–H and O–H groups in total. The van der Waals surface area contributed by atoms with Crippen LogP contribution in [0, 0.1) is 11.3 Å². The molecular weight excluding hydrogens is 338 g/mol. The minimum Gasteiger partial charge on any atom is -0.343 e. The summed E-state index contributed by atoms with van der Waals surface area (Å²) < 4.78 is 0. The van der Waals surface area contributed by atoms with Crippen molar-refractivity contribution in [1.29, 1.82) is 0 Å². The maximum Gasteiger partial charge on any atom is 0.251 e.